The van der Waals surface area contributed by atoms with Crippen LogP contribution in [-0.4, -0.2) is 49.2 Å². The average molecular weight is 349 g/mol. The molecule has 0 spiro atoms. The van der Waals surface area contributed by atoms with Crippen LogP contribution < -0.4 is 5.32 Å². The molecule has 0 bridgehead atoms. The van der Waals surface area contributed by atoms with Crippen LogP contribution in [0.25, 0.3) is 0 Å². The number of nitrogens with zero attached hydrogens (tertiary/aromatic N) is 5. The number of hydrogen-bond donors (Lipinski definition) is 1. The molecule has 8 heteroatoms. The third-order valence-corrected chi connectivity index (χ3v) is 4.62. The third-order valence-electron chi connectivity index (χ3n) is 4.39. The Morgan fingerprint density at radius 2 is 2.33 bits per heavy atom. The number of nitrogens with one attached hydrogen (secondary N) is 1. The summed E-state index contributed by atoms with van der Waals surface area (Å²) in [7, 11) is 0. The lowest BCUT2D eigenvalue weighted by molar-refractivity contribution is -0.122. The van der Waals surface area contributed by atoms with Gasteiger partial charge in [0, 0.05) is 12.2 Å². The first-order chi connectivity index (χ1) is 11.6. The largest absolute Gasteiger partial charge is 0.309 e. The molecule has 1 N–H and O–H groups in total. The molecule has 1 aliphatic rings. The molecule has 3 rings (SSSR count). The zero-order chi connectivity index (χ0) is 16.9. The summed E-state index contributed by atoms with van der Waals surface area (Å²) in [5.74, 6) is 0.455. The molecule has 24 heavy (non-hydrogen) atoms. The van der Waals surface area contributed by atoms with E-state index in [2.05, 4.69) is 25.3 Å². The number of piperidine rings is 1. The highest BCUT2D eigenvalue weighted by Gasteiger charge is 2.30. The van der Waals surface area contributed by atoms with Gasteiger partial charge < -0.3 is 5.32 Å². The molecule has 3 heterocycles. The second-order valence-electron chi connectivity index (χ2n) is 6.03. The van der Waals surface area contributed by atoms with Gasteiger partial charge in [0.2, 0.25) is 5.91 Å². The lowest BCUT2D eigenvalue weighted by Crippen LogP contribution is -2.51. The lowest BCUT2D eigenvalue weighted by atomic mass is 9.99. The van der Waals surface area contributed by atoms with Gasteiger partial charge >= 0.3 is 0 Å². The Morgan fingerprint density at radius 3 is 3.04 bits per heavy atom. The third kappa shape index (κ3) is 4.10. The van der Waals surface area contributed by atoms with Gasteiger partial charge in [0.15, 0.2) is 0 Å². The number of aromatic nitrogens is 4. The Balaban J connectivity index is 1.65. The van der Waals surface area contributed by atoms with Crippen LogP contribution in [-0.2, 0) is 11.3 Å². The molecule has 1 aliphatic heterocycles. The molecular weight excluding hydrogens is 328 g/mol. The summed E-state index contributed by atoms with van der Waals surface area (Å²) in [6, 6.07) is 3.45. The number of rotatable bonds is 5. The van der Waals surface area contributed by atoms with E-state index in [1.54, 1.807) is 18.5 Å². The van der Waals surface area contributed by atoms with Crippen molar-refractivity contribution in [3.8, 4) is 0 Å². The van der Waals surface area contributed by atoms with E-state index >= 15 is 0 Å². The lowest BCUT2D eigenvalue weighted by Gasteiger charge is -2.39. The van der Waals surface area contributed by atoms with Crippen molar-refractivity contribution < 1.29 is 4.79 Å². The van der Waals surface area contributed by atoms with Gasteiger partial charge in [0.05, 0.1) is 17.6 Å². The first-order valence-corrected chi connectivity index (χ1v) is 8.52. The second kappa shape index (κ2) is 7.72. The van der Waals surface area contributed by atoms with Gasteiger partial charge in [-0.15, -0.1) is 0 Å². The number of amides is 1. The first kappa shape index (κ1) is 16.9. The zero-order valence-electron chi connectivity index (χ0n) is 13.6. The van der Waals surface area contributed by atoms with Crippen LogP contribution in [0, 0.1) is 0 Å². The number of hydrogen-bond acceptors (Lipinski definition) is 5. The monoisotopic (exact) mass is 348 g/mol. The van der Waals surface area contributed by atoms with Crippen molar-refractivity contribution in [1.29, 1.82) is 0 Å². The fraction of sp³-hybridized carbons (Fsp3) is 0.500. The van der Waals surface area contributed by atoms with E-state index in [0.29, 0.717) is 10.8 Å². The normalized spacial score (nSPS) is 19.8. The van der Waals surface area contributed by atoms with Crippen LogP contribution in [0.3, 0.4) is 0 Å². The van der Waals surface area contributed by atoms with E-state index in [0.717, 1.165) is 25.9 Å². The second-order valence-corrected chi connectivity index (χ2v) is 6.47. The van der Waals surface area contributed by atoms with Crippen LogP contribution in [0.15, 0.2) is 31.0 Å². The topological polar surface area (TPSA) is 75.9 Å². The quantitative estimate of drug-likeness (QED) is 0.896. The number of likely N-dealkylation sites (tertiary alicyclic amines) is 1. The highest BCUT2D eigenvalue weighted by atomic mass is 35.5. The van der Waals surface area contributed by atoms with Crippen molar-refractivity contribution in [2.45, 2.75) is 44.8 Å². The minimum absolute atomic E-state index is 0.0599. The number of carbonyl (C=O) groups excluding carboxylic acids is 1. The SMILES string of the molecule is CC(C(=O)Nc1ccc(Cl)cn1)N1CCCCC1Cn1cncn1. The van der Waals surface area contributed by atoms with E-state index < -0.39 is 0 Å². The maximum absolute atomic E-state index is 12.6. The van der Waals surface area contributed by atoms with Crippen molar-refractivity contribution in [3.05, 3.63) is 36.0 Å². The van der Waals surface area contributed by atoms with Gasteiger partial charge in [-0.1, -0.05) is 18.0 Å². The summed E-state index contributed by atoms with van der Waals surface area (Å²) in [5, 5.41) is 7.59. The molecule has 0 aromatic carbocycles. The van der Waals surface area contributed by atoms with Crippen molar-refractivity contribution in [2.24, 2.45) is 0 Å². The van der Waals surface area contributed by atoms with E-state index in [-0.39, 0.29) is 18.0 Å². The Bertz CT molecular complexity index is 660. The highest BCUT2D eigenvalue weighted by molar-refractivity contribution is 6.30. The van der Waals surface area contributed by atoms with Crippen molar-refractivity contribution >= 4 is 23.3 Å². The zero-order valence-corrected chi connectivity index (χ0v) is 14.4. The van der Waals surface area contributed by atoms with Crippen molar-refractivity contribution in [3.63, 3.8) is 0 Å². The van der Waals surface area contributed by atoms with Crippen LogP contribution in [0.5, 0.6) is 0 Å². The Kier molecular flexibility index (Phi) is 5.42. The summed E-state index contributed by atoms with van der Waals surface area (Å²) in [4.78, 5) is 22.9. The van der Waals surface area contributed by atoms with Crippen LogP contribution in [0.4, 0.5) is 5.82 Å². The van der Waals surface area contributed by atoms with Gasteiger partial charge in [-0.2, -0.15) is 5.10 Å². The predicted octanol–water partition coefficient (Wildman–Crippen LogP) is 2.21. The molecule has 0 aliphatic carbocycles. The number of pyridine rings is 1. The van der Waals surface area contributed by atoms with E-state index in [4.69, 9.17) is 11.6 Å². The van der Waals surface area contributed by atoms with Crippen LogP contribution >= 0.6 is 11.6 Å². The minimum Gasteiger partial charge on any atom is -0.309 e. The molecule has 1 amide bonds. The molecule has 1 fully saturated rings. The van der Waals surface area contributed by atoms with Crippen molar-refractivity contribution in [2.75, 3.05) is 11.9 Å². The van der Waals surface area contributed by atoms with E-state index in [9.17, 15) is 4.79 Å². The molecule has 128 valence electrons. The predicted molar refractivity (Wildman–Crippen MR) is 91.7 cm³/mol. The molecule has 2 unspecified atom stereocenters. The highest BCUT2D eigenvalue weighted by Crippen LogP contribution is 2.21. The molecule has 0 radical (unpaired) electrons. The molecule has 1 saturated heterocycles. The Labute approximate surface area is 146 Å². The van der Waals surface area contributed by atoms with Crippen molar-refractivity contribution in [1.82, 2.24) is 24.6 Å². The molecule has 2 aromatic heterocycles. The standard InChI is InChI=1S/C16H21ClN6O/c1-12(16(24)21-15-6-5-13(17)8-19-15)23-7-3-2-4-14(23)9-22-11-18-10-20-22/h5-6,8,10-12,14H,2-4,7,9H2,1H3,(H,19,21,24). The molecule has 7 nitrogen and oxygen atoms in total. The van der Waals surface area contributed by atoms with E-state index in [1.807, 2.05) is 11.6 Å². The number of halogens is 1. The summed E-state index contributed by atoms with van der Waals surface area (Å²) in [6.45, 7) is 3.59. The molecule has 0 saturated carbocycles. The Hall–Kier alpha value is -1.99. The van der Waals surface area contributed by atoms with Gasteiger partial charge in [-0.3, -0.25) is 14.4 Å². The van der Waals surface area contributed by atoms with E-state index in [1.165, 1.54) is 18.9 Å². The summed E-state index contributed by atoms with van der Waals surface area (Å²) < 4.78 is 1.83. The van der Waals surface area contributed by atoms with Gasteiger partial charge in [0.1, 0.15) is 18.5 Å². The summed E-state index contributed by atoms with van der Waals surface area (Å²) in [6.07, 6.45) is 8.10. The smallest absolute Gasteiger partial charge is 0.242 e. The number of anilines is 1. The van der Waals surface area contributed by atoms with Gasteiger partial charge in [-0.05, 0) is 38.4 Å². The maximum atomic E-state index is 12.6. The maximum Gasteiger partial charge on any atom is 0.242 e. The fourth-order valence-corrected chi connectivity index (χ4v) is 3.21. The van der Waals surface area contributed by atoms with Gasteiger partial charge in [-0.25, -0.2) is 9.97 Å². The summed E-state index contributed by atoms with van der Waals surface area (Å²) in [5.41, 5.74) is 0. The Morgan fingerprint density at radius 1 is 1.46 bits per heavy atom. The molecular formula is C16H21ClN6O. The van der Waals surface area contributed by atoms with Crippen LogP contribution in [0.2, 0.25) is 5.02 Å². The fourth-order valence-electron chi connectivity index (χ4n) is 3.10. The number of carbonyl (C=O) groups is 1. The first-order valence-electron chi connectivity index (χ1n) is 8.14. The van der Waals surface area contributed by atoms with Gasteiger partial charge in [0.25, 0.3) is 0 Å². The average Bonchev–Trinajstić information content (AvgIpc) is 3.10. The molecule has 2 aromatic rings. The molecule has 2 atom stereocenters. The summed E-state index contributed by atoms with van der Waals surface area (Å²) >= 11 is 5.82. The van der Waals surface area contributed by atoms with Crippen LogP contribution in [0.1, 0.15) is 26.2 Å². The minimum atomic E-state index is -0.240.